The SMILES string of the molecule is O=C(NC[C@@H](O)C1CCOCC1)c1ccc(-c2ccn[nH]2)s1. The van der Waals surface area contributed by atoms with Crippen LogP contribution in [0.25, 0.3) is 10.6 Å². The van der Waals surface area contributed by atoms with Gasteiger partial charge >= 0.3 is 0 Å². The maximum Gasteiger partial charge on any atom is 0.261 e. The zero-order valence-corrected chi connectivity index (χ0v) is 12.9. The van der Waals surface area contributed by atoms with Gasteiger partial charge in [-0.1, -0.05) is 0 Å². The normalized spacial score (nSPS) is 17.3. The highest BCUT2D eigenvalue weighted by molar-refractivity contribution is 7.17. The molecule has 0 saturated carbocycles. The van der Waals surface area contributed by atoms with Gasteiger partial charge in [0.25, 0.3) is 5.91 Å². The van der Waals surface area contributed by atoms with Crippen LogP contribution in [0.5, 0.6) is 0 Å². The topological polar surface area (TPSA) is 87.2 Å². The molecule has 3 rings (SSSR count). The van der Waals surface area contributed by atoms with Crippen molar-refractivity contribution < 1.29 is 14.6 Å². The highest BCUT2D eigenvalue weighted by Gasteiger charge is 2.22. The average Bonchev–Trinajstić information content (AvgIpc) is 3.23. The molecule has 1 saturated heterocycles. The molecule has 118 valence electrons. The van der Waals surface area contributed by atoms with Gasteiger partial charge < -0.3 is 15.2 Å². The predicted octanol–water partition coefficient (Wildman–Crippen LogP) is 1.66. The minimum atomic E-state index is -0.514. The molecular formula is C15H19N3O3S. The molecule has 0 unspecified atom stereocenters. The summed E-state index contributed by atoms with van der Waals surface area (Å²) in [5.74, 6) is 0.0554. The van der Waals surface area contributed by atoms with Crippen molar-refractivity contribution in [2.24, 2.45) is 5.92 Å². The van der Waals surface area contributed by atoms with Gasteiger partial charge in [-0.2, -0.15) is 5.10 Å². The number of nitrogens with zero attached hydrogens (tertiary/aromatic N) is 1. The van der Waals surface area contributed by atoms with Crippen molar-refractivity contribution in [3.05, 3.63) is 29.3 Å². The van der Waals surface area contributed by atoms with Crippen LogP contribution in [0.2, 0.25) is 0 Å². The summed E-state index contributed by atoms with van der Waals surface area (Å²) >= 11 is 1.40. The fraction of sp³-hybridized carbons (Fsp3) is 0.467. The summed E-state index contributed by atoms with van der Waals surface area (Å²) in [5, 5.41) is 19.7. The number of ether oxygens (including phenoxy) is 1. The van der Waals surface area contributed by atoms with E-state index in [-0.39, 0.29) is 18.4 Å². The van der Waals surface area contributed by atoms with E-state index < -0.39 is 6.10 Å². The van der Waals surface area contributed by atoms with Crippen molar-refractivity contribution in [2.75, 3.05) is 19.8 Å². The number of H-pyrrole nitrogens is 1. The molecule has 0 aliphatic carbocycles. The fourth-order valence-electron chi connectivity index (χ4n) is 2.55. The molecule has 2 aromatic rings. The van der Waals surface area contributed by atoms with Crippen LogP contribution in [0, 0.1) is 5.92 Å². The molecule has 1 amide bonds. The van der Waals surface area contributed by atoms with Gasteiger partial charge in [0, 0.05) is 26.0 Å². The van der Waals surface area contributed by atoms with Gasteiger partial charge in [0.15, 0.2) is 0 Å². The molecule has 3 heterocycles. The Kier molecular flexibility index (Phi) is 4.87. The van der Waals surface area contributed by atoms with Crippen LogP contribution < -0.4 is 5.32 Å². The minimum Gasteiger partial charge on any atom is -0.391 e. The van der Waals surface area contributed by atoms with E-state index in [0.29, 0.717) is 18.1 Å². The summed E-state index contributed by atoms with van der Waals surface area (Å²) in [7, 11) is 0. The van der Waals surface area contributed by atoms with Crippen molar-refractivity contribution in [1.82, 2.24) is 15.5 Å². The van der Waals surface area contributed by atoms with Gasteiger partial charge in [-0.15, -0.1) is 11.3 Å². The molecule has 7 heteroatoms. The van der Waals surface area contributed by atoms with Gasteiger partial charge in [-0.3, -0.25) is 9.89 Å². The summed E-state index contributed by atoms with van der Waals surface area (Å²) in [5.41, 5.74) is 0.895. The number of hydrogen-bond acceptors (Lipinski definition) is 5. The van der Waals surface area contributed by atoms with E-state index in [1.54, 1.807) is 12.3 Å². The lowest BCUT2D eigenvalue weighted by Crippen LogP contribution is -2.38. The summed E-state index contributed by atoms with van der Waals surface area (Å²) in [6.07, 6.45) is 2.86. The number of aliphatic hydroxyl groups is 1. The Labute approximate surface area is 132 Å². The minimum absolute atomic E-state index is 0.151. The standard InChI is InChI=1S/C15H19N3O3S/c19-12(10-4-7-21-8-5-10)9-16-15(20)14-2-1-13(22-14)11-3-6-17-18-11/h1-3,6,10,12,19H,4-5,7-9H2,(H,16,20)(H,17,18)/t12-/m1/s1. The van der Waals surface area contributed by atoms with Crippen LogP contribution in [-0.4, -0.2) is 47.1 Å². The smallest absolute Gasteiger partial charge is 0.261 e. The number of carbonyl (C=O) groups excluding carboxylic acids is 1. The third kappa shape index (κ3) is 3.55. The third-order valence-electron chi connectivity index (χ3n) is 3.88. The second-order valence-electron chi connectivity index (χ2n) is 5.36. The number of aromatic nitrogens is 2. The second-order valence-corrected chi connectivity index (χ2v) is 6.45. The Morgan fingerprint density at radius 3 is 3.00 bits per heavy atom. The van der Waals surface area contributed by atoms with Crippen LogP contribution >= 0.6 is 11.3 Å². The first-order chi connectivity index (χ1) is 10.7. The van der Waals surface area contributed by atoms with Crippen molar-refractivity contribution >= 4 is 17.2 Å². The first-order valence-corrected chi connectivity index (χ1v) is 8.19. The number of carbonyl (C=O) groups is 1. The summed E-state index contributed by atoms with van der Waals surface area (Å²) in [6.45, 7) is 1.66. The molecule has 0 radical (unpaired) electrons. The van der Waals surface area contributed by atoms with Crippen LogP contribution in [0.1, 0.15) is 22.5 Å². The maximum absolute atomic E-state index is 12.2. The zero-order chi connectivity index (χ0) is 15.4. The molecule has 22 heavy (non-hydrogen) atoms. The molecule has 2 aromatic heterocycles. The number of hydrogen-bond donors (Lipinski definition) is 3. The summed E-state index contributed by atoms with van der Waals surface area (Å²) in [6, 6.07) is 5.54. The number of aliphatic hydroxyl groups excluding tert-OH is 1. The van der Waals surface area contributed by atoms with Gasteiger partial charge in [-0.05, 0) is 37.0 Å². The number of amides is 1. The lowest BCUT2D eigenvalue weighted by atomic mass is 9.94. The Hall–Kier alpha value is -1.70. The van der Waals surface area contributed by atoms with E-state index in [1.807, 2.05) is 12.1 Å². The van der Waals surface area contributed by atoms with E-state index in [2.05, 4.69) is 15.5 Å². The van der Waals surface area contributed by atoms with Gasteiger partial charge in [-0.25, -0.2) is 0 Å². The number of aromatic amines is 1. The average molecular weight is 321 g/mol. The lowest BCUT2D eigenvalue weighted by molar-refractivity contribution is 0.00874. The zero-order valence-electron chi connectivity index (χ0n) is 12.1. The Morgan fingerprint density at radius 1 is 1.45 bits per heavy atom. The Balaban J connectivity index is 1.53. The van der Waals surface area contributed by atoms with Crippen molar-refractivity contribution in [3.63, 3.8) is 0 Å². The number of rotatable bonds is 5. The van der Waals surface area contributed by atoms with Crippen molar-refractivity contribution in [1.29, 1.82) is 0 Å². The van der Waals surface area contributed by atoms with E-state index >= 15 is 0 Å². The van der Waals surface area contributed by atoms with Crippen LogP contribution in [0.3, 0.4) is 0 Å². The van der Waals surface area contributed by atoms with Crippen molar-refractivity contribution in [3.8, 4) is 10.6 Å². The second kappa shape index (κ2) is 7.04. The lowest BCUT2D eigenvalue weighted by Gasteiger charge is -2.26. The summed E-state index contributed by atoms with van der Waals surface area (Å²) < 4.78 is 5.28. The molecular weight excluding hydrogens is 302 g/mol. The molecule has 0 spiro atoms. The van der Waals surface area contributed by atoms with Crippen LogP contribution in [-0.2, 0) is 4.74 Å². The Morgan fingerprint density at radius 2 is 2.27 bits per heavy atom. The predicted molar refractivity (Wildman–Crippen MR) is 83.8 cm³/mol. The van der Waals surface area contributed by atoms with E-state index in [4.69, 9.17) is 4.74 Å². The maximum atomic E-state index is 12.2. The molecule has 1 aliphatic rings. The molecule has 1 aliphatic heterocycles. The molecule has 0 aromatic carbocycles. The fourth-order valence-corrected chi connectivity index (χ4v) is 3.45. The molecule has 1 atom stereocenters. The Bertz CT molecular complexity index is 605. The molecule has 0 bridgehead atoms. The van der Waals surface area contributed by atoms with E-state index in [1.165, 1.54) is 11.3 Å². The van der Waals surface area contributed by atoms with Crippen LogP contribution in [0.4, 0.5) is 0 Å². The van der Waals surface area contributed by atoms with Crippen LogP contribution in [0.15, 0.2) is 24.4 Å². The first-order valence-electron chi connectivity index (χ1n) is 7.37. The molecule has 1 fully saturated rings. The highest BCUT2D eigenvalue weighted by Crippen LogP contribution is 2.26. The van der Waals surface area contributed by atoms with Crippen molar-refractivity contribution in [2.45, 2.75) is 18.9 Å². The first kappa shape index (κ1) is 15.2. The third-order valence-corrected chi connectivity index (χ3v) is 5.00. The molecule has 6 nitrogen and oxygen atoms in total. The number of thiophene rings is 1. The van der Waals surface area contributed by atoms with E-state index in [0.717, 1.165) is 23.4 Å². The quantitative estimate of drug-likeness (QED) is 0.781. The van der Waals surface area contributed by atoms with Gasteiger partial charge in [0.2, 0.25) is 0 Å². The largest absolute Gasteiger partial charge is 0.391 e. The monoisotopic (exact) mass is 321 g/mol. The van der Waals surface area contributed by atoms with E-state index in [9.17, 15) is 9.90 Å². The van der Waals surface area contributed by atoms with Gasteiger partial charge in [0.1, 0.15) is 0 Å². The number of nitrogens with one attached hydrogen (secondary N) is 2. The highest BCUT2D eigenvalue weighted by atomic mass is 32.1. The van der Waals surface area contributed by atoms with Gasteiger partial charge in [0.05, 0.1) is 21.6 Å². The molecule has 3 N–H and O–H groups in total. The summed E-state index contributed by atoms with van der Waals surface area (Å²) in [4.78, 5) is 13.7.